The van der Waals surface area contributed by atoms with Crippen LogP contribution in [0.1, 0.15) is 19.8 Å². The number of hydrogen-bond donors (Lipinski definition) is 1. The van der Waals surface area contributed by atoms with Crippen LogP contribution in [0.3, 0.4) is 0 Å². The van der Waals surface area contributed by atoms with E-state index in [1.54, 1.807) is 11.9 Å². The van der Waals surface area contributed by atoms with E-state index in [0.29, 0.717) is 26.4 Å². The Balaban J connectivity index is 3.35. The molecule has 0 unspecified atom stereocenters. The largest absolute Gasteiger partial charge is 0.378 e. The number of likely N-dealkylation sites (N-methyl/N-ethyl adjacent to an activating group) is 1. The molecule has 1 amide bonds. The van der Waals surface area contributed by atoms with Crippen molar-refractivity contribution in [1.82, 2.24) is 4.90 Å². The quantitative estimate of drug-likeness (QED) is 0.548. The zero-order valence-electron chi connectivity index (χ0n) is 10.4. The Morgan fingerprint density at radius 2 is 1.94 bits per heavy atom. The van der Waals surface area contributed by atoms with Crippen LogP contribution in [0.5, 0.6) is 0 Å². The zero-order valence-corrected chi connectivity index (χ0v) is 10.4. The van der Waals surface area contributed by atoms with Crippen LogP contribution >= 0.6 is 0 Å². The monoisotopic (exact) mass is 232 g/mol. The number of rotatable bonds is 10. The minimum Gasteiger partial charge on any atom is -0.378 e. The van der Waals surface area contributed by atoms with E-state index < -0.39 is 0 Å². The Morgan fingerprint density at radius 3 is 2.56 bits per heavy atom. The molecule has 0 aromatic heterocycles. The lowest BCUT2D eigenvalue weighted by Gasteiger charge is -2.16. The lowest BCUT2D eigenvalue weighted by molar-refractivity contribution is -0.135. The smallest absolute Gasteiger partial charge is 0.248 e. The number of amides is 1. The van der Waals surface area contributed by atoms with E-state index >= 15 is 0 Å². The summed E-state index contributed by atoms with van der Waals surface area (Å²) in [5, 5.41) is 0. The third kappa shape index (κ3) is 8.64. The Hall–Kier alpha value is -0.650. The highest BCUT2D eigenvalue weighted by molar-refractivity contribution is 5.77. The summed E-state index contributed by atoms with van der Waals surface area (Å²) in [7, 11) is 1.80. The topological polar surface area (TPSA) is 64.8 Å². The predicted octanol–water partition coefficient (Wildman–Crippen LogP) is 0.237. The molecule has 2 N–H and O–H groups in total. The van der Waals surface area contributed by atoms with Gasteiger partial charge in [0.1, 0.15) is 6.61 Å². The predicted molar refractivity (Wildman–Crippen MR) is 63.2 cm³/mol. The van der Waals surface area contributed by atoms with Gasteiger partial charge in [0.15, 0.2) is 0 Å². The Bertz CT molecular complexity index is 177. The molecule has 0 fully saturated rings. The molecule has 5 nitrogen and oxygen atoms in total. The molecule has 0 saturated carbocycles. The van der Waals surface area contributed by atoms with Crippen LogP contribution < -0.4 is 5.73 Å². The molecule has 0 bridgehead atoms. The van der Waals surface area contributed by atoms with Gasteiger partial charge in [0.2, 0.25) is 5.91 Å². The molecule has 96 valence electrons. The SMILES string of the molecule is CCCCN(C)C(=O)COCCOCCN. The second kappa shape index (κ2) is 10.9. The Morgan fingerprint density at radius 1 is 1.25 bits per heavy atom. The van der Waals surface area contributed by atoms with Gasteiger partial charge in [-0.05, 0) is 6.42 Å². The molecule has 0 heterocycles. The highest BCUT2D eigenvalue weighted by Crippen LogP contribution is 1.93. The van der Waals surface area contributed by atoms with E-state index in [4.69, 9.17) is 15.2 Å². The van der Waals surface area contributed by atoms with E-state index in [0.717, 1.165) is 19.4 Å². The van der Waals surface area contributed by atoms with E-state index in [2.05, 4.69) is 6.92 Å². The van der Waals surface area contributed by atoms with Crippen LogP contribution in [0.25, 0.3) is 0 Å². The molecule has 0 aliphatic heterocycles. The maximum atomic E-state index is 11.5. The lowest BCUT2D eigenvalue weighted by Crippen LogP contribution is -2.31. The third-order valence-corrected chi connectivity index (χ3v) is 2.13. The molecule has 16 heavy (non-hydrogen) atoms. The van der Waals surface area contributed by atoms with Crippen LogP contribution in [-0.4, -0.2) is 57.4 Å². The van der Waals surface area contributed by atoms with Crippen molar-refractivity contribution in [2.75, 3.05) is 46.6 Å². The average molecular weight is 232 g/mol. The first-order valence-electron chi connectivity index (χ1n) is 5.81. The van der Waals surface area contributed by atoms with Crippen molar-refractivity contribution in [1.29, 1.82) is 0 Å². The van der Waals surface area contributed by atoms with E-state index in [-0.39, 0.29) is 12.5 Å². The van der Waals surface area contributed by atoms with Crippen molar-refractivity contribution in [2.45, 2.75) is 19.8 Å². The Labute approximate surface area is 97.9 Å². The molecule has 0 aromatic rings. The van der Waals surface area contributed by atoms with Crippen molar-refractivity contribution in [2.24, 2.45) is 5.73 Å². The number of carbonyl (C=O) groups excluding carboxylic acids is 1. The highest BCUT2D eigenvalue weighted by atomic mass is 16.5. The molecule has 0 atom stereocenters. The number of unbranched alkanes of at least 4 members (excludes halogenated alkanes) is 1. The summed E-state index contributed by atoms with van der Waals surface area (Å²) in [6.45, 7) is 5.00. The first kappa shape index (κ1) is 15.3. The number of nitrogens with two attached hydrogens (primary N) is 1. The summed E-state index contributed by atoms with van der Waals surface area (Å²) in [5.74, 6) is 0.0206. The molecule has 0 radical (unpaired) electrons. The molecular formula is C11H24N2O3. The van der Waals surface area contributed by atoms with E-state index in [1.807, 2.05) is 0 Å². The van der Waals surface area contributed by atoms with E-state index in [9.17, 15) is 4.79 Å². The number of hydrogen-bond acceptors (Lipinski definition) is 4. The van der Waals surface area contributed by atoms with Crippen molar-refractivity contribution >= 4 is 5.91 Å². The van der Waals surface area contributed by atoms with Gasteiger partial charge in [0, 0.05) is 20.1 Å². The van der Waals surface area contributed by atoms with Gasteiger partial charge in [0.05, 0.1) is 19.8 Å². The molecule has 0 aromatic carbocycles. The van der Waals surface area contributed by atoms with Crippen molar-refractivity contribution in [3.05, 3.63) is 0 Å². The van der Waals surface area contributed by atoms with Crippen LogP contribution in [0.2, 0.25) is 0 Å². The van der Waals surface area contributed by atoms with Gasteiger partial charge < -0.3 is 20.1 Å². The van der Waals surface area contributed by atoms with Gasteiger partial charge in [-0.3, -0.25) is 4.79 Å². The van der Waals surface area contributed by atoms with Gasteiger partial charge in [-0.2, -0.15) is 0 Å². The average Bonchev–Trinajstić information content (AvgIpc) is 2.30. The van der Waals surface area contributed by atoms with Gasteiger partial charge in [0.25, 0.3) is 0 Å². The number of ether oxygens (including phenoxy) is 2. The number of carbonyl (C=O) groups is 1. The fourth-order valence-electron chi connectivity index (χ4n) is 1.09. The van der Waals surface area contributed by atoms with Gasteiger partial charge in [-0.25, -0.2) is 0 Å². The molecular weight excluding hydrogens is 208 g/mol. The highest BCUT2D eigenvalue weighted by Gasteiger charge is 2.07. The molecule has 0 spiro atoms. The first-order valence-corrected chi connectivity index (χ1v) is 5.81. The third-order valence-electron chi connectivity index (χ3n) is 2.13. The van der Waals surface area contributed by atoms with Crippen LogP contribution in [-0.2, 0) is 14.3 Å². The van der Waals surface area contributed by atoms with Gasteiger partial charge in [-0.1, -0.05) is 13.3 Å². The normalized spacial score (nSPS) is 10.4. The summed E-state index contributed by atoms with van der Waals surface area (Å²) in [6, 6.07) is 0. The summed E-state index contributed by atoms with van der Waals surface area (Å²) in [6.07, 6.45) is 2.12. The molecule has 0 rings (SSSR count). The lowest BCUT2D eigenvalue weighted by atomic mass is 10.3. The van der Waals surface area contributed by atoms with Crippen LogP contribution in [0, 0.1) is 0 Å². The summed E-state index contributed by atoms with van der Waals surface area (Å²) < 4.78 is 10.3. The standard InChI is InChI=1S/C11H24N2O3/c1-3-4-6-13(2)11(14)10-16-9-8-15-7-5-12/h3-10,12H2,1-2H3. The van der Waals surface area contributed by atoms with Crippen LogP contribution in [0.15, 0.2) is 0 Å². The second-order valence-corrected chi connectivity index (χ2v) is 3.62. The van der Waals surface area contributed by atoms with E-state index in [1.165, 1.54) is 0 Å². The van der Waals surface area contributed by atoms with Gasteiger partial charge in [-0.15, -0.1) is 0 Å². The fourth-order valence-corrected chi connectivity index (χ4v) is 1.09. The van der Waals surface area contributed by atoms with Gasteiger partial charge >= 0.3 is 0 Å². The summed E-state index contributed by atoms with van der Waals surface area (Å²) in [5.41, 5.74) is 5.25. The molecule has 0 aliphatic carbocycles. The fraction of sp³-hybridized carbons (Fsp3) is 0.909. The van der Waals surface area contributed by atoms with Crippen molar-refractivity contribution in [3.8, 4) is 0 Å². The maximum absolute atomic E-state index is 11.5. The summed E-state index contributed by atoms with van der Waals surface area (Å²) in [4.78, 5) is 13.2. The summed E-state index contributed by atoms with van der Waals surface area (Å²) >= 11 is 0. The minimum absolute atomic E-state index is 0.0206. The number of nitrogens with zero attached hydrogens (tertiary/aromatic N) is 1. The van der Waals surface area contributed by atoms with Crippen molar-refractivity contribution < 1.29 is 14.3 Å². The maximum Gasteiger partial charge on any atom is 0.248 e. The minimum atomic E-state index is 0.0206. The second-order valence-electron chi connectivity index (χ2n) is 3.62. The molecule has 5 heteroatoms. The zero-order chi connectivity index (χ0) is 12.2. The molecule has 0 aliphatic rings. The first-order chi connectivity index (χ1) is 7.72. The Kier molecular flexibility index (Phi) is 10.4. The molecule has 0 saturated heterocycles. The van der Waals surface area contributed by atoms with Crippen molar-refractivity contribution in [3.63, 3.8) is 0 Å². The van der Waals surface area contributed by atoms with Crippen LogP contribution in [0.4, 0.5) is 0 Å².